The van der Waals surface area contributed by atoms with Crippen LogP contribution in [0, 0.1) is 6.92 Å². The van der Waals surface area contributed by atoms with Crippen molar-refractivity contribution in [2.45, 2.75) is 45.3 Å². The van der Waals surface area contributed by atoms with Gasteiger partial charge in [-0.3, -0.25) is 0 Å². The summed E-state index contributed by atoms with van der Waals surface area (Å²) in [5.74, 6) is 0. The molecule has 1 rings (SSSR count). The van der Waals surface area contributed by atoms with E-state index in [0.717, 1.165) is 19.3 Å². The predicted octanol–water partition coefficient (Wildman–Crippen LogP) is 3.17. The first-order valence-electron chi connectivity index (χ1n) is 6.64. The van der Waals surface area contributed by atoms with Gasteiger partial charge in [0.2, 0.25) is 0 Å². The van der Waals surface area contributed by atoms with Gasteiger partial charge in [0.15, 0.2) is 0 Å². The van der Waals surface area contributed by atoms with E-state index in [0.29, 0.717) is 0 Å². The Morgan fingerprint density at radius 3 is 2.56 bits per heavy atom. The van der Waals surface area contributed by atoms with E-state index >= 15 is 0 Å². The fraction of sp³-hybridized carbons (Fsp3) is 0.600. The molecule has 0 saturated carbocycles. The summed E-state index contributed by atoms with van der Waals surface area (Å²) in [7, 11) is 1.73. The van der Waals surface area contributed by atoms with E-state index in [2.05, 4.69) is 26.0 Å². The minimum atomic E-state index is -0.0405. The van der Waals surface area contributed by atoms with Crippen LogP contribution < -0.4 is 5.73 Å². The average molecular weight is 251 g/mol. The summed E-state index contributed by atoms with van der Waals surface area (Å²) in [5, 5.41) is 0. The smallest absolute Gasteiger partial charge is 0.109 e. The number of hydrogen-bond acceptors (Lipinski definition) is 3. The third kappa shape index (κ3) is 4.09. The normalized spacial score (nSPS) is 14.4. The van der Waals surface area contributed by atoms with Gasteiger partial charge in [-0.25, -0.2) is 0 Å². The fourth-order valence-corrected chi connectivity index (χ4v) is 2.24. The first kappa shape index (κ1) is 15.2. The van der Waals surface area contributed by atoms with Crippen LogP contribution in [0.4, 0.5) is 0 Å². The molecule has 3 heteroatoms. The van der Waals surface area contributed by atoms with Gasteiger partial charge in [0.25, 0.3) is 0 Å². The van der Waals surface area contributed by atoms with Gasteiger partial charge in [0, 0.05) is 7.11 Å². The van der Waals surface area contributed by atoms with Crippen molar-refractivity contribution in [3.05, 3.63) is 35.4 Å². The summed E-state index contributed by atoms with van der Waals surface area (Å²) < 4.78 is 11.3. The molecule has 0 aromatic heterocycles. The highest BCUT2D eigenvalue weighted by atomic mass is 16.5. The molecule has 0 heterocycles. The number of hydrogen-bond donors (Lipinski definition) is 1. The molecule has 0 saturated heterocycles. The van der Waals surface area contributed by atoms with Crippen LogP contribution in [0.2, 0.25) is 0 Å². The van der Waals surface area contributed by atoms with Crippen molar-refractivity contribution in [2.24, 2.45) is 5.73 Å². The summed E-state index contributed by atoms with van der Waals surface area (Å²) in [6, 6.07) is 8.27. The van der Waals surface area contributed by atoms with E-state index in [9.17, 15) is 0 Å². The first-order chi connectivity index (χ1) is 8.74. The quantitative estimate of drug-likeness (QED) is 0.722. The average Bonchev–Trinajstić information content (AvgIpc) is 2.38. The van der Waals surface area contributed by atoms with Gasteiger partial charge in [-0.15, -0.1) is 0 Å². The number of aryl methyl sites for hydroxylation is 1. The summed E-state index contributed by atoms with van der Waals surface area (Å²) in [4.78, 5) is 0. The van der Waals surface area contributed by atoms with Crippen molar-refractivity contribution in [1.29, 1.82) is 0 Å². The molecule has 0 aliphatic heterocycles. The van der Waals surface area contributed by atoms with Crippen molar-refractivity contribution in [3.63, 3.8) is 0 Å². The minimum Gasteiger partial charge on any atom is -0.374 e. The lowest BCUT2D eigenvalue weighted by Gasteiger charge is -2.27. The molecule has 0 spiro atoms. The highest BCUT2D eigenvalue weighted by Gasteiger charge is 2.24. The molecule has 0 aliphatic rings. The monoisotopic (exact) mass is 251 g/mol. The van der Waals surface area contributed by atoms with Gasteiger partial charge < -0.3 is 15.2 Å². The third-order valence-electron chi connectivity index (χ3n) is 3.24. The minimum absolute atomic E-state index is 0.0287. The van der Waals surface area contributed by atoms with E-state index in [1.54, 1.807) is 7.11 Å². The summed E-state index contributed by atoms with van der Waals surface area (Å²) in [6.45, 7) is 4.51. The second-order valence-electron chi connectivity index (χ2n) is 4.53. The predicted molar refractivity (Wildman–Crippen MR) is 74.4 cm³/mol. The Balaban J connectivity index is 2.87. The lowest BCUT2D eigenvalue weighted by atomic mass is 9.96. The first-order valence-corrected chi connectivity index (χ1v) is 6.64. The maximum Gasteiger partial charge on any atom is 0.109 e. The standard InChI is InChI=1S/C15H25NO2/c1-4-5-10-14(18-11-16)15(17-3)13-9-7-6-8-12(13)2/h6-9,14-15H,4-5,10-11,16H2,1-3H3. The number of nitrogens with two attached hydrogens (primary N) is 1. The van der Waals surface area contributed by atoms with Crippen LogP contribution in [-0.4, -0.2) is 19.9 Å². The molecule has 3 nitrogen and oxygen atoms in total. The molecule has 2 unspecified atom stereocenters. The Bertz CT molecular complexity index is 341. The van der Waals surface area contributed by atoms with Crippen LogP contribution >= 0.6 is 0 Å². The zero-order valence-electron chi connectivity index (χ0n) is 11.7. The second-order valence-corrected chi connectivity index (χ2v) is 4.53. The molecule has 1 aromatic rings. The van der Waals surface area contributed by atoms with E-state index in [-0.39, 0.29) is 18.9 Å². The van der Waals surface area contributed by atoms with Crippen LogP contribution in [0.1, 0.15) is 43.4 Å². The van der Waals surface area contributed by atoms with Crippen molar-refractivity contribution in [1.82, 2.24) is 0 Å². The molecular formula is C15H25NO2. The van der Waals surface area contributed by atoms with Gasteiger partial charge in [-0.2, -0.15) is 0 Å². The lowest BCUT2D eigenvalue weighted by Crippen LogP contribution is -2.27. The number of ether oxygens (including phenoxy) is 2. The molecule has 18 heavy (non-hydrogen) atoms. The SMILES string of the molecule is CCCCC(OCN)C(OC)c1ccccc1C. The largest absolute Gasteiger partial charge is 0.374 e. The van der Waals surface area contributed by atoms with Crippen molar-refractivity contribution in [3.8, 4) is 0 Å². The molecule has 0 aliphatic carbocycles. The number of unbranched alkanes of at least 4 members (excludes halogenated alkanes) is 1. The maximum absolute atomic E-state index is 5.66. The van der Waals surface area contributed by atoms with Crippen LogP contribution in [0.25, 0.3) is 0 Å². The van der Waals surface area contributed by atoms with Crippen LogP contribution in [-0.2, 0) is 9.47 Å². The molecule has 0 bridgehead atoms. The van der Waals surface area contributed by atoms with Gasteiger partial charge >= 0.3 is 0 Å². The summed E-state index contributed by atoms with van der Waals surface area (Å²) >= 11 is 0. The molecule has 102 valence electrons. The highest BCUT2D eigenvalue weighted by molar-refractivity contribution is 5.28. The van der Waals surface area contributed by atoms with Crippen molar-refractivity contribution < 1.29 is 9.47 Å². The molecule has 0 amide bonds. The third-order valence-corrected chi connectivity index (χ3v) is 3.24. The van der Waals surface area contributed by atoms with Crippen molar-refractivity contribution >= 4 is 0 Å². The molecule has 2 atom stereocenters. The summed E-state index contributed by atoms with van der Waals surface area (Å²) in [6.07, 6.45) is 3.23. The van der Waals surface area contributed by atoms with Crippen LogP contribution in [0.15, 0.2) is 24.3 Å². The Morgan fingerprint density at radius 1 is 1.28 bits per heavy atom. The van der Waals surface area contributed by atoms with Crippen LogP contribution in [0.5, 0.6) is 0 Å². The highest BCUT2D eigenvalue weighted by Crippen LogP contribution is 2.28. The zero-order chi connectivity index (χ0) is 13.4. The van der Waals surface area contributed by atoms with Crippen molar-refractivity contribution in [2.75, 3.05) is 13.8 Å². The Morgan fingerprint density at radius 2 is 2.00 bits per heavy atom. The molecular weight excluding hydrogens is 226 g/mol. The Kier molecular flexibility index (Phi) is 6.94. The van der Waals surface area contributed by atoms with E-state index in [1.165, 1.54) is 11.1 Å². The van der Waals surface area contributed by atoms with Gasteiger partial charge in [0.1, 0.15) is 6.10 Å². The fourth-order valence-electron chi connectivity index (χ4n) is 2.24. The Hall–Kier alpha value is -0.900. The van der Waals surface area contributed by atoms with Gasteiger partial charge in [-0.1, -0.05) is 44.0 Å². The molecule has 0 radical (unpaired) electrons. The molecule has 1 aromatic carbocycles. The Labute approximate surface area is 110 Å². The van der Waals surface area contributed by atoms with Gasteiger partial charge in [0.05, 0.1) is 12.8 Å². The van der Waals surface area contributed by atoms with E-state index in [4.69, 9.17) is 15.2 Å². The van der Waals surface area contributed by atoms with Gasteiger partial charge in [-0.05, 0) is 24.5 Å². The molecule has 0 fully saturated rings. The van der Waals surface area contributed by atoms with Crippen LogP contribution in [0.3, 0.4) is 0 Å². The maximum atomic E-state index is 5.66. The molecule has 2 N–H and O–H groups in total. The topological polar surface area (TPSA) is 44.5 Å². The van der Waals surface area contributed by atoms with E-state index in [1.807, 2.05) is 12.1 Å². The zero-order valence-corrected chi connectivity index (χ0v) is 11.7. The van der Waals surface area contributed by atoms with E-state index < -0.39 is 0 Å². The second kappa shape index (κ2) is 8.25. The number of rotatable bonds is 8. The number of benzene rings is 1. The number of methoxy groups -OCH3 is 1. The lowest BCUT2D eigenvalue weighted by molar-refractivity contribution is -0.0613. The summed E-state index contributed by atoms with van der Waals surface area (Å²) in [5.41, 5.74) is 7.95.